The maximum atomic E-state index is 8.33. The Morgan fingerprint density at radius 2 is 1.04 bits per heavy atom. The summed E-state index contributed by atoms with van der Waals surface area (Å²) in [5, 5.41) is 16.7. The Morgan fingerprint density at radius 1 is 0.792 bits per heavy atom. The zero-order valence-electron chi connectivity index (χ0n) is 15.9. The molecule has 144 valence electrons. The minimum absolute atomic E-state index is 0.913. The van der Waals surface area contributed by atoms with Crippen LogP contribution in [0.15, 0.2) is 0 Å². The van der Waals surface area contributed by atoms with Crippen molar-refractivity contribution in [3.8, 4) is 0 Å². The topological polar surface area (TPSA) is 81.7 Å². The van der Waals surface area contributed by atoms with Gasteiger partial charge in [-0.15, -0.1) is 0 Å². The van der Waals surface area contributed by atoms with Crippen molar-refractivity contribution in [3.63, 3.8) is 0 Å². The number of methoxy groups -OCH3 is 2. The molecule has 2 aliphatic rings. The lowest BCUT2D eigenvalue weighted by Gasteiger charge is -2.31. The molecule has 0 aromatic rings. The lowest BCUT2D eigenvalue weighted by Crippen LogP contribution is -2.46. The Labute approximate surface area is 146 Å². The summed E-state index contributed by atoms with van der Waals surface area (Å²) in [7, 11) is 3.60. The molecule has 0 radical (unpaired) electrons. The predicted molar refractivity (Wildman–Crippen MR) is 88.7 cm³/mol. The molecule has 2 saturated heterocycles. The quantitative estimate of drug-likeness (QED) is 0.631. The number of carbonyl (C=O) groups excluding carboxylic acids is 1. The van der Waals surface area contributed by atoms with Crippen LogP contribution in [0.5, 0.6) is 0 Å². The minimum atomic E-state index is -2.33. The van der Waals surface area contributed by atoms with Crippen molar-refractivity contribution in [1.29, 1.82) is 0 Å². The Morgan fingerprint density at radius 3 is 1.21 bits per heavy atom. The van der Waals surface area contributed by atoms with Gasteiger partial charge in [-0.25, -0.2) is 0 Å². The van der Waals surface area contributed by atoms with Crippen LogP contribution in [-0.2, 0) is 9.47 Å². The van der Waals surface area contributed by atoms with E-state index in [-0.39, 0.29) is 0 Å². The van der Waals surface area contributed by atoms with Crippen molar-refractivity contribution in [2.24, 2.45) is 0 Å². The zero-order valence-corrected chi connectivity index (χ0v) is 15.9. The lowest BCUT2D eigenvalue weighted by molar-refractivity contribution is -0.932. The second kappa shape index (κ2) is 12.5. The normalized spacial score (nSPS) is 20.5. The highest BCUT2D eigenvalue weighted by Crippen LogP contribution is 2.18. The molecule has 24 heavy (non-hydrogen) atoms. The number of rotatable bonds is 6. The molecule has 2 fully saturated rings. The summed E-state index contributed by atoms with van der Waals surface area (Å²) in [5.41, 5.74) is 0. The first-order chi connectivity index (χ1) is 11.4. The number of nitrogens with zero attached hydrogens (tertiary/aromatic N) is 2. The highest BCUT2D eigenvalue weighted by molar-refractivity contribution is 5.47. The standard InChI is InChI=1S/2C8H18NO.CH2O3/c2*1-3-9(8-10-2)6-4-5-7-9;2-1(3)4/h2*3-8H2,1-2H3;(H2,2,3,4)/q2*+1;/p-2. The van der Waals surface area contributed by atoms with Gasteiger partial charge >= 0.3 is 0 Å². The van der Waals surface area contributed by atoms with Crippen molar-refractivity contribution in [3.05, 3.63) is 0 Å². The van der Waals surface area contributed by atoms with Crippen LogP contribution in [0.25, 0.3) is 0 Å². The van der Waals surface area contributed by atoms with Crippen molar-refractivity contribution in [2.45, 2.75) is 39.5 Å². The van der Waals surface area contributed by atoms with E-state index in [1.807, 2.05) is 0 Å². The number of hydrogen-bond acceptors (Lipinski definition) is 5. The van der Waals surface area contributed by atoms with Crippen LogP contribution < -0.4 is 10.2 Å². The van der Waals surface area contributed by atoms with E-state index in [1.54, 1.807) is 14.2 Å². The number of likely N-dealkylation sites (tertiary alicyclic amines) is 2. The molecule has 0 aromatic carbocycles. The van der Waals surface area contributed by atoms with Gasteiger partial charge in [0.15, 0.2) is 13.5 Å². The van der Waals surface area contributed by atoms with Crippen molar-refractivity contribution in [1.82, 2.24) is 0 Å². The van der Waals surface area contributed by atoms with Gasteiger partial charge in [0.1, 0.15) is 0 Å². The Bertz CT molecular complexity index is 297. The maximum absolute atomic E-state index is 8.33. The zero-order chi connectivity index (χ0) is 18.5. The molecule has 0 aliphatic carbocycles. The molecule has 0 saturated carbocycles. The Balaban J connectivity index is 0.000000363. The van der Waals surface area contributed by atoms with E-state index >= 15 is 0 Å². The summed E-state index contributed by atoms with van der Waals surface area (Å²) in [5.74, 6) is 0. The van der Waals surface area contributed by atoms with Crippen molar-refractivity contribution >= 4 is 6.16 Å². The molecule has 2 heterocycles. The van der Waals surface area contributed by atoms with E-state index < -0.39 is 6.16 Å². The first-order valence-electron chi connectivity index (χ1n) is 8.95. The second-order valence-corrected chi connectivity index (χ2v) is 6.71. The molecule has 0 spiro atoms. The van der Waals surface area contributed by atoms with Crippen molar-refractivity contribution in [2.75, 3.05) is 66.9 Å². The van der Waals surface area contributed by atoms with E-state index in [0.29, 0.717) is 0 Å². The fourth-order valence-electron chi connectivity index (χ4n) is 3.63. The SMILES string of the molecule is CC[N+]1(COC)CCCC1.CC[N+]1(COC)CCCC1.O=C([O-])[O-]. The molecule has 0 bridgehead atoms. The van der Waals surface area contributed by atoms with Crippen LogP contribution in [0.3, 0.4) is 0 Å². The van der Waals surface area contributed by atoms with Crippen LogP contribution >= 0.6 is 0 Å². The van der Waals surface area contributed by atoms with Gasteiger partial charge in [0, 0.05) is 39.9 Å². The molecule has 0 N–H and O–H groups in total. The van der Waals surface area contributed by atoms with Gasteiger partial charge in [-0.1, -0.05) is 0 Å². The molecule has 0 aromatic heterocycles. The van der Waals surface area contributed by atoms with Gasteiger partial charge in [-0.05, 0) is 20.0 Å². The van der Waals surface area contributed by atoms with E-state index in [0.717, 1.165) is 13.5 Å². The first kappa shape index (κ1) is 23.1. The number of ether oxygens (including phenoxy) is 2. The van der Waals surface area contributed by atoms with Crippen LogP contribution in [0.2, 0.25) is 0 Å². The summed E-state index contributed by atoms with van der Waals surface area (Å²) in [6.45, 7) is 14.1. The van der Waals surface area contributed by atoms with Gasteiger partial charge in [0.2, 0.25) is 0 Å². The number of quaternary nitrogens is 2. The Hall–Kier alpha value is -0.890. The summed E-state index contributed by atoms with van der Waals surface area (Å²) in [4.78, 5) is 8.33. The molecule has 7 nitrogen and oxygen atoms in total. The van der Waals surface area contributed by atoms with Crippen LogP contribution in [0.1, 0.15) is 39.5 Å². The first-order valence-corrected chi connectivity index (χ1v) is 8.95. The fraction of sp³-hybridized carbons (Fsp3) is 0.941. The molecule has 0 unspecified atom stereocenters. The molecule has 2 rings (SSSR count). The van der Waals surface area contributed by atoms with Crippen LogP contribution in [-0.4, -0.2) is 82.1 Å². The summed E-state index contributed by atoms with van der Waals surface area (Å²) in [6, 6.07) is 0. The monoisotopic (exact) mass is 348 g/mol. The van der Waals surface area contributed by atoms with Gasteiger partial charge in [0.05, 0.1) is 39.3 Å². The minimum Gasteiger partial charge on any atom is -0.652 e. The van der Waals surface area contributed by atoms with Gasteiger partial charge in [-0.3, -0.25) is 0 Å². The molecular formula is C17H36N2O5. The molecule has 2 aliphatic heterocycles. The summed E-state index contributed by atoms with van der Waals surface area (Å²) < 4.78 is 12.8. The number of carbonyl (C=O) groups is 1. The van der Waals surface area contributed by atoms with E-state index in [9.17, 15) is 0 Å². The fourth-order valence-corrected chi connectivity index (χ4v) is 3.63. The van der Waals surface area contributed by atoms with Crippen LogP contribution in [0, 0.1) is 0 Å². The third-order valence-corrected chi connectivity index (χ3v) is 5.18. The molecule has 0 atom stereocenters. The largest absolute Gasteiger partial charge is 0.652 e. The van der Waals surface area contributed by atoms with E-state index in [4.69, 9.17) is 24.5 Å². The Kier molecular flexibility index (Phi) is 12.0. The van der Waals surface area contributed by atoms with Gasteiger partial charge in [0.25, 0.3) is 0 Å². The average molecular weight is 348 g/mol. The molecular weight excluding hydrogens is 312 g/mol. The maximum Gasteiger partial charge on any atom is 0.182 e. The van der Waals surface area contributed by atoms with Crippen LogP contribution in [0.4, 0.5) is 4.79 Å². The van der Waals surface area contributed by atoms with Gasteiger partial charge in [-0.2, -0.15) is 0 Å². The smallest absolute Gasteiger partial charge is 0.182 e. The highest BCUT2D eigenvalue weighted by Gasteiger charge is 2.30. The van der Waals surface area contributed by atoms with E-state index in [2.05, 4.69) is 13.8 Å². The molecule has 0 amide bonds. The third-order valence-electron chi connectivity index (χ3n) is 5.18. The summed E-state index contributed by atoms with van der Waals surface area (Å²) >= 11 is 0. The summed E-state index contributed by atoms with van der Waals surface area (Å²) in [6.07, 6.45) is 3.21. The average Bonchev–Trinajstić information content (AvgIpc) is 3.19. The number of hydrogen-bond donors (Lipinski definition) is 0. The molecule has 7 heteroatoms. The second-order valence-electron chi connectivity index (χ2n) is 6.71. The van der Waals surface area contributed by atoms with Gasteiger partial charge < -0.3 is 33.4 Å². The van der Waals surface area contributed by atoms with E-state index in [1.165, 1.54) is 73.9 Å². The number of carboxylic acid groups (broad SMARTS) is 2. The van der Waals surface area contributed by atoms with Crippen molar-refractivity contribution < 1.29 is 33.4 Å². The predicted octanol–water partition coefficient (Wildman–Crippen LogP) is -0.00540. The third kappa shape index (κ3) is 8.82. The highest BCUT2D eigenvalue weighted by atomic mass is 16.6. The lowest BCUT2D eigenvalue weighted by atomic mass is 10.4.